The van der Waals surface area contributed by atoms with Gasteiger partial charge < -0.3 is 9.80 Å². The third-order valence-corrected chi connectivity index (χ3v) is 5.20. The zero-order chi connectivity index (χ0) is 20.5. The Hall–Kier alpha value is -4.08. The molecule has 4 aromatic rings. The fourth-order valence-electron chi connectivity index (χ4n) is 3.65. The minimum absolute atomic E-state index is 0.204. The van der Waals surface area contributed by atoms with Crippen LogP contribution in [-0.4, -0.2) is 67.4 Å². The number of hydrogen-bond acceptors (Lipinski definition) is 7. The average molecular weight is 402 g/mol. The first kappa shape index (κ1) is 18.0. The van der Waals surface area contributed by atoms with E-state index in [4.69, 9.17) is 0 Å². The van der Waals surface area contributed by atoms with Gasteiger partial charge in [-0.05, 0) is 28.6 Å². The minimum Gasteiger partial charge on any atom is -0.336 e. The van der Waals surface area contributed by atoms with E-state index >= 15 is 0 Å². The van der Waals surface area contributed by atoms with E-state index in [9.17, 15) is 9.59 Å². The molecule has 1 N–H and O–H groups in total. The van der Waals surface area contributed by atoms with E-state index in [2.05, 4.69) is 30.6 Å². The van der Waals surface area contributed by atoms with Crippen molar-refractivity contribution < 1.29 is 4.79 Å². The van der Waals surface area contributed by atoms with Crippen molar-refractivity contribution in [2.24, 2.45) is 0 Å². The zero-order valence-electron chi connectivity index (χ0n) is 16.0. The van der Waals surface area contributed by atoms with Crippen LogP contribution in [0, 0.1) is 0 Å². The lowest BCUT2D eigenvalue weighted by atomic mass is 10.1. The molecule has 0 spiro atoms. The van der Waals surface area contributed by atoms with Crippen LogP contribution in [-0.2, 0) is 0 Å². The zero-order valence-corrected chi connectivity index (χ0v) is 16.0. The summed E-state index contributed by atoms with van der Waals surface area (Å²) in [5.74, 6) is 0.436. The molecule has 1 fully saturated rings. The van der Waals surface area contributed by atoms with E-state index in [1.165, 1.54) is 0 Å². The smallest absolute Gasteiger partial charge is 0.275 e. The number of hydrogen-bond donors (Lipinski definition) is 1. The van der Waals surface area contributed by atoms with E-state index < -0.39 is 0 Å². The maximum Gasteiger partial charge on any atom is 0.275 e. The summed E-state index contributed by atoms with van der Waals surface area (Å²) in [5, 5.41) is 19.5. The second kappa shape index (κ2) is 7.39. The molecule has 10 nitrogen and oxygen atoms in total. The van der Waals surface area contributed by atoms with E-state index in [0.717, 1.165) is 5.69 Å². The highest BCUT2D eigenvalue weighted by atomic mass is 16.2. The number of H-pyrrole nitrogens is 1. The quantitative estimate of drug-likeness (QED) is 0.541. The van der Waals surface area contributed by atoms with Gasteiger partial charge in [0.2, 0.25) is 5.95 Å². The number of aromatic amines is 1. The summed E-state index contributed by atoms with van der Waals surface area (Å²) in [5.41, 5.74) is 0.826. The van der Waals surface area contributed by atoms with Crippen molar-refractivity contribution in [3.8, 4) is 5.69 Å². The Bertz CT molecular complexity index is 1260. The van der Waals surface area contributed by atoms with Crippen molar-refractivity contribution in [3.05, 3.63) is 70.6 Å². The van der Waals surface area contributed by atoms with Crippen LogP contribution in [0.3, 0.4) is 0 Å². The summed E-state index contributed by atoms with van der Waals surface area (Å²) in [6.07, 6.45) is 0. The molecule has 150 valence electrons. The first-order valence-electron chi connectivity index (χ1n) is 9.58. The van der Waals surface area contributed by atoms with Crippen LogP contribution >= 0.6 is 0 Å². The highest BCUT2D eigenvalue weighted by Crippen LogP contribution is 2.19. The van der Waals surface area contributed by atoms with E-state index in [1.54, 1.807) is 33.8 Å². The Morgan fingerprint density at radius 2 is 1.60 bits per heavy atom. The largest absolute Gasteiger partial charge is 0.336 e. The monoisotopic (exact) mass is 402 g/mol. The number of benzene rings is 2. The first-order chi connectivity index (χ1) is 14.7. The number of piperazine rings is 1. The lowest BCUT2D eigenvalue weighted by molar-refractivity contribution is 0.0741. The number of aromatic nitrogens is 6. The summed E-state index contributed by atoms with van der Waals surface area (Å²) >= 11 is 0. The molecule has 0 radical (unpaired) electrons. The molecule has 0 bridgehead atoms. The van der Waals surface area contributed by atoms with Crippen molar-refractivity contribution in [2.75, 3.05) is 31.1 Å². The van der Waals surface area contributed by atoms with Gasteiger partial charge in [-0.1, -0.05) is 41.5 Å². The van der Waals surface area contributed by atoms with Gasteiger partial charge in [0.25, 0.3) is 11.5 Å². The van der Waals surface area contributed by atoms with Gasteiger partial charge in [0.05, 0.1) is 11.1 Å². The molecule has 0 atom stereocenters. The summed E-state index contributed by atoms with van der Waals surface area (Å²) < 4.78 is 1.69. The number of carbonyl (C=O) groups is 1. The van der Waals surface area contributed by atoms with Gasteiger partial charge >= 0.3 is 0 Å². The molecular weight excluding hydrogens is 384 g/mol. The normalized spacial score (nSPS) is 14.3. The second-order valence-electron chi connectivity index (χ2n) is 6.95. The maximum absolute atomic E-state index is 13.1. The van der Waals surface area contributed by atoms with Gasteiger partial charge in [0, 0.05) is 31.6 Å². The van der Waals surface area contributed by atoms with Crippen molar-refractivity contribution >= 4 is 22.6 Å². The van der Waals surface area contributed by atoms with Crippen LogP contribution in [0.15, 0.2) is 59.4 Å². The molecule has 0 unspecified atom stereocenters. The molecule has 1 aliphatic rings. The molecule has 2 aromatic carbocycles. The van der Waals surface area contributed by atoms with Gasteiger partial charge in [-0.15, -0.1) is 0 Å². The number of fused-ring (bicyclic) bond motifs is 1. The number of nitrogens with zero attached hydrogens (tertiary/aromatic N) is 7. The molecule has 3 heterocycles. The number of anilines is 1. The number of rotatable bonds is 3. The van der Waals surface area contributed by atoms with Crippen LogP contribution in [0.1, 0.15) is 10.5 Å². The molecule has 30 heavy (non-hydrogen) atoms. The number of para-hydroxylation sites is 1. The predicted octanol–water partition coefficient (Wildman–Crippen LogP) is 0.861. The molecule has 10 heteroatoms. The highest BCUT2D eigenvalue weighted by Gasteiger charge is 2.27. The van der Waals surface area contributed by atoms with E-state index in [0.29, 0.717) is 42.9 Å². The van der Waals surface area contributed by atoms with E-state index in [1.807, 2.05) is 30.3 Å². The molecule has 5 rings (SSSR count). The summed E-state index contributed by atoms with van der Waals surface area (Å²) in [7, 11) is 0. The predicted molar refractivity (Wildman–Crippen MR) is 110 cm³/mol. The number of tetrazole rings is 1. The molecular formula is C20H18N8O2. The Labute approximate surface area is 170 Å². The van der Waals surface area contributed by atoms with Crippen LogP contribution in [0.25, 0.3) is 16.5 Å². The first-order valence-corrected chi connectivity index (χ1v) is 9.58. The third kappa shape index (κ3) is 3.08. The lowest BCUT2D eigenvalue weighted by Crippen LogP contribution is -2.49. The van der Waals surface area contributed by atoms with Crippen molar-refractivity contribution in [2.45, 2.75) is 0 Å². The minimum atomic E-state index is -0.306. The van der Waals surface area contributed by atoms with Crippen LogP contribution in [0.5, 0.6) is 0 Å². The van der Waals surface area contributed by atoms with Crippen LogP contribution in [0.2, 0.25) is 0 Å². The summed E-state index contributed by atoms with van der Waals surface area (Å²) in [4.78, 5) is 28.9. The fraction of sp³-hybridized carbons (Fsp3) is 0.200. The Morgan fingerprint density at radius 1 is 0.900 bits per heavy atom. The molecule has 1 saturated heterocycles. The highest BCUT2D eigenvalue weighted by molar-refractivity contribution is 6.04. The van der Waals surface area contributed by atoms with Gasteiger partial charge in [0.15, 0.2) is 5.69 Å². The topological polar surface area (TPSA) is 113 Å². The van der Waals surface area contributed by atoms with Crippen molar-refractivity contribution in [1.29, 1.82) is 0 Å². The molecule has 1 amide bonds. The van der Waals surface area contributed by atoms with Gasteiger partial charge in [0.1, 0.15) is 0 Å². The number of nitrogens with one attached hydrogen (secondary N) is 1. The van der Waals surface area contributed by atoms with Crippen molar-refractivity contribution in [3.63, 3.8) is 0 Å². The number of amides is 1. The molecule has 0 saturated carbocycles. The standard InChI is InChI=1S/C20H18N8O2/c29-18-16-9-5-4-8-15(16)17(21-22-18)19(30)26-10-12-27(13-11-26)20-23-24-25-28(20)14-6-2-1-3-7-14/h1-9H,10-13H2,(H,22,29). The van der Waals surface area contributed by atoms with Gasteiger partial charge in [-0.3, -0.25) is 9.59 Å². The van der Waals surface area contributed by atoms with Gasteiger partial charge in [-0.25, -0.2) is 5.10 Å². The van der Waals surface area contributed by atoms with E-state index in [-0.39, 0.29) is 17.2 Å². The molecule has 1 aliphatic heterocycles. The Morgan fingerprint density at radius 3 is 2.37 bits per heavy atom. The summed E-state index contributed by atoms with van der Waals surface area (Å²) in [6.45, 7) is 2.16. The van der Waals surface area contributed by atoms with Gasteiger partial charge in [-0.2, -0.15) is 9.78 Å². The van der Waals surface area contributed by atoms with Crippen LogP contribution < -0.4 is 10.5 Å². The molecule has 0 aliphatic carbocycles. The van der Waals surface area contributed by atoms with Crippen molar-refractivity contribution in [1.82, 2.24) is 35.3 Å². The molecule has 2 aromatic heterocycles. The number of carbonyl (C=O) groups excluding carboxylic acids is 1. The Balaban J connectivity index is 1.35. The Kier molecular flexibility index (Phi) is 4.43. The second-order valence-corrected chi connectivity index (χ2v) is 6.95. The van der Waals surface area contributed by atoms with Crippen LogP contribution in [0.4, 0.5) is 5.95 Å². The maximum atomic E-state index is 13.1. The SMILES string of the molecule is O=C(c1n[nH]c(=O)c2ccccc12)N1CCN(c2nnnn2-c2ccccc2)CC1. The average Bonchev–Trinajstić information content (AvgIpc) is 3.30. The lowest BCUT2D eigenvalue weighted by Gasteiger charge is -2.34. The fourth-order valence-corrected chi connectivity index (χ4v) is 3.65. The summed E-state index contributed by atoms with van der Waals surface area (Å²) in [6, 6.07) is 16.7. The third-order valence-electron chi connectivity index (χ3n) is 5.20.